The summed E-state index contributed by atoms with van der Waals surface area (Å²) in [6.45, 7) is 6.34. The largest absolute Gasteiger partial charge is 0.357 e. The van der Waals surface area contributed by atoms with Crippen molar-refractivity contribution in [3.8, 4) is 0 Å². The Morgan fingerprint density at radius 1 is 1.28 bits per heavy atom. The van der Waals surface area contributed by atoms with E-state index < -0.39 is 0 Å². The average molecular weight is 334 g/mol. The SMILES string of the molecule is C=CCC12CC3CC(=O)CCC3CN1CCc1c2[nH]c2ccccc12. The van der Waals surface area contributed by atoms with Gasteiger partial charge in [-0.25, -0.2) is 0 Å². The van der Waals surface area contributed by atoms with E-state index in [4.69, 9.17) is 0 Å². The molecule has 0 spiro atoms. The Balaban J connectivity index is 1.65. The third kappa shape index (κ3) is 2.18. The van der Waals surface area contributed by atoms with Crippen molar-refractivity contribution < 1.29 is 4.79 Å². The Bertz CT molecular complexity index is 851. The van der Waals surface area contributed by atoms with Crippen LogP contribution in [0.5, 0.6) is 0 Å². The van der Waals surface area contributed by atoms with Crippen molar-refractivity contribution in [2.45, 2.75) is 44.1 Å². The van der Waals surface area contributed by atoms with E-state index in [1.807, 2.05) is 0 Å². The molecule has 2 fully saturated rings. The first-order chi connectivity index (χ1) is 12.2. The van der Waals surface area contributed by atoms with Crippen LogP contribution in [-0.2, 0) is 16.8 Å². The second-order valence-electron chi connectivity index (χ2n) is 8.25. The van der Waals surface area contributed by atoms with Gasteiger partial charge in [0.2, 0.25) is 0 Å². The summed E-state index contributed by atoms with van der Waals surface area (Å²) in [7, 11) is 0. The minimum atomic E-state index is 0.00708. The van der Waals surface area contributed by atoms with E-state index in [0.717, 1.165) is 51.6 Å². The Morgan fingerprint density at radius 2 is 2.16 bits per heavy atom. The molecule has 1 saturated carbocycles. The molecule has 2 aromatic rings. The second-order valence-corrected chi connectivity index (χ2v) is 8.25. The zero-order valence-corrected chi connectivity index (χ0v) is 14.8. The molecule has 3 heterocycles. The summed E-state index contributed by atoms with van der Waals surface area (Å²) in [5.41, 5.74) is 4.15. The van der Waals surface area contributed by atoms with E-state index in [1.54, 1.807) is 0 Å². The highest BCUT2D eigenvalue weighted by atomic mass is 16.1. The third-order valence-corrected chi connectivity index (χ3v) is 7.00. The maximum Gasteiger partial charge on any atom is 0.133 e. The molecule has 2 aliphatic heterocycles. The van der Waals surface area contributed by atoms with E-state index in [0.29, 0.717) is 17.6 Å². The molecule has 3 aliphatic rings. The fourth-order valence-electron chi connectivity index (χ4n) is 5.87. The van der Waals surface area contributed by atoms with Crippen molar-refractivity contribution in [3.63, 3.8) is 0 Å². The number of carbonyl (C=O) groups excluding carboxylic acids is 1. The number of benzene rings is 1. The van der Waals surface area contributed by atoms with Gasteiger partial charge in [-0.1, -0.05) is 24.3 Å². The lowest BCUT2D eigenvalue weighted by atomic mass is 9.64. The standard InChI is InChI=1S/C22H26N2O/c1-2-10-22-13-16-12-17(25)8-7-15(16)14-24(22)11-9-19-18-5-3-4-6-20(18)23-21(19)22/h2-6,15-16,23H,1,7-14H2. The molecule has 0 radical (unpaired) electrons. The Labute approximate surface area is 149 Å². The molecule has 0 bridgehead atoms. The first-order valence-corrected chi connectivity index (χ1v) is 9.69. The molecular formula is C22H26N2O. The highest BCUT2D eigenvalue weighted by Crippen LogP contribution is 2.51. The van der Waals surface area contributed by atoms with Gasteiger partial charge in [0.05, 0.1) is 5.54 Å². The van der Waals surface area contributed by atoms with E-state index in [2.05, 4.69) is 46.8 Å². The van der Waals surface area contributed by atoms with Gasteiger partial charge < -0.3 is 4.98 Å². The molecule has 1 aliphatic carbocycles. The van der Waals surface area contributed by atoms with Gasteiger partial charge in [-0.3, -0.25) is 9.69 Å². The summed E-state index contributed by atoms with van der Waals surface area (Å²) in [6, 6.07) is 8.69. The molecule has 3 atom stereocenters. The van der Waals surface area contributed by atoms with Crippen molar-refractivity contribution in [3.05, 3.63) is 48.2 Å². The number of carbonyl (C=O) groups is 1. The van der Waals surface area contributed by atoms with Crippen LogP contribution in [0, 0.1) is 11.8 Å². The number of fused-ring (bicyclic) bond motifs is 6. The van der Waals surface area contributed by atoms with E-state index in [9.17, 15) is 4.79 Å². The third-order valence-electron chi connectivity index (χ3n) is 7.00. The van der Waals surface area contributed by atoms with Gasteiger partial charge in [0.25, 0.3) is 0 Å². The van der Waals surface area contributed by atoms with Crippen LogP contribution in [0.4, 0.5) is 0 Å². The quantitative estimate of drug-likeness (QED) is 0.836. The molecule has 1 N–H and O–H groups in total. The van der Waals surface area contributed by atoms with Crippen LogP contribution in [0.2, 0.25) is 0 Å². The highest BCUT2D eigenvalue weighted by Gasteiger charge is 2.51. The monoisotopic (exact) mass is 334 g/mol. The summed E-state index contributed by atoms with van der Waals surface area (Å²) in [4.78, 5) is 18.6. The number of ketones is 1. The summed E-state index contributed by atoms with van der Waals surface area (Å²) in [5, 5.41) is 1.38. The topological polar surface area (TPSA) is 36.1 Å². The summed E-state index contributed by atoms with van der Waals surface area (Å²) >= 11 is 0. The van der Waals surface area contributed by atoms with Gasteiger partial charge in [0, 0.05) is 42.5 Å². The van der Waals surface area contributed by atoms with Crippen LogP contribution in [0.15, 0.2) is 36.9 Å². The van der Waals surface area contributed by atoms with E-state index in [-0.39, 0.29) is 5.54 Å². The fourth-order valence-corrected chi connectivity index (χ4v) is 5.87. The number of piperidine rings is 1. The summed E-state index contributed by atoms with van der Waals surface area (Å²) in [6.07, 6.45) is 7.92. The number of Topliss-reactive ketones (excluding diaryl/α,β-unsaturated/α-hetero) is 1. The van der Waals surface area contributed by atoms with Crippen molar-refractivity contribution in [2.75, 3.05) is 13.1 Å². The van der Waals surface area contributed by atoms with Crippen molar-refractivity contribution >= 4 is 16.7 Å². The first-order valence-electron chi connectivity index (χ1n) is 9.69. The number of hydrogen-bond donors (Lipinski definition) is 1. The lowest BCUT2D eigenvalue weighted by Crippen LogP contribution is -2.58. The fraction of sp³-hybridized carbons (Fsp3) is 0.500. The van der Waals surface area contributed by atoms with Crippen molar-refractivity contribution in [1.29, 1.82) is 0 Å². The minimum absolute atomic E-state index is 0.00708. The van der Waals surface area contributed by atoms with Crippen LogP contribution in [-0.4, -0.2) is 28.8 Å². The van der Waals surface area contributed by atoms with Crippen LogP contribution in [0.1, 0.15) is 43.4 Å². The van der Waals surface area contributed by atoms with Gasteiger partial charge >= 0.3 is 0 Å². The molecule has 5 rings (SSSR count). The summed E-state index contributed by atoms with van der Waals surface area (Å²) in [5.74, 6) is 1.70. The van der Waals surface area contributed by atoms with Gasteiger partial charge in [-0.15, -0.1) is 6.58 Å². The lowest BCUT2D eigenvalue weighted by Gasteiger charge is -2.55. The molecular weight excluding hydrogens is 308 g/mol. The Hall–Kier alpha value is -1.87. The first kappa shape index (κ1) is 15.4. The number of rotatable bonds is 2. The van der Waals surface area contributed by atoms with Gasteiger partial charge in [0.1, 0.15) is 5.78 Å². The number of H-pyrrole nitrogens is 1. The number of nitrogens with zero attached hydrogens (tertiary/aromatic N) is 1. The highest BCUT2D eigenvalue weighted by molar-refractivity contribution is 5.85. The number of nitrogens with one attached hydrogen (secondary N) is 1. The number of hydrogen-bond acceptors (Lipinski definition) is 2. The molecule has 1 aromatic carbocycles. The van der Waals surface area contributed by atoms with Crippen molar-refractivity contribution in [1.82, 2.24) is 9.88 Å². The zero-order valence-electron chi connectivity index (χ0n) is 14.8. The number of para-hydroxylation sites is 1. The van der Waals surface area contributed by atoms with Crippen LogP contribution < -0.4 is 0 Å². The molecule has 3 nitrogen and oxygen atoms in total. The molecule has 130 valence electrons. The van der Waals surface area contributed by atoms with Gasteiger partial charge in [0.15, 0.2) is 0 Å². The smallest absolute Gasteiger partial charge is 0.133 e. The molecule has 3 heteroatoms. The molecule has 1 saturated heterocycles. The van der Waals surface area contributed by atoms with Crippen LogP contribution >= 0.6 is 0 Å². The average Bonchev–Trinajstić information content (AvgIpc) is 3.00. The molecule has 1 aromatic heterocycles. The number of aromatic nitrogens is 1. The predicted octanol–water partition coefficient (Wildman–Crippen LogP) is 4.19. The molecule has 0 amide bonds. The normalized spacial score (nSPS) is 32.1. The maximum absolute atomic E-state index is 12.1. The molecule has 25 heavy (non-hydrogen) atoms. The van der Waals surface area contributed by atoms with Crippen LogP contribution in [0.3, 0.4) is 0 Å². The van der Waals surface area contributed by atoms with Gasteiger partial charge in [-0.05, 0) is 49.1 Å². The number of aromatic amines is 1. The maximum atomic E-state index is 12.1. The summed E-state index contributed by atoms with van der Waals surface area (Å²) < 4.78 is 0. The van der Waals surface area contributed by atoms with E-state index >= 15 is 0 Å². The minimum Gasteiger partial charge on any atom is -0.357 e. The predicted molar refractivity (Wildman–Crippen MR) is 101 cm³/mol. The van der Waals surface area contributed by atoms with Gasteiger partial charge in [-0.2, -0.15) is 0 Å². The molecule has 3 unspecified atom stereocenters. The second kappa shape index (κ2) is 5.57. The van der Waals surface area contributed by atoms with Crippen LogP contribution in [0.25, 0.3) is 10.9 Å². The van der Waals surface area contributed by atoms with E-state index in [1.165, 1.54) is 22.2 Å². The lowest BCUT2D eigenvalue weighted by molar-refractivity contribution is -0.126. The van der Waals surface area contributed by atoms with Crippen molar-refractivity contribution in [2.24, 2.45) is 11.8 Å². The Morgan fingerprint density at radius 3 is 3.04 bits per heavy atom. The Kier molecular flexibility index (Phi) is 3.43. The zero-order chi connectivity index (χ0) is 17.0.